The third-order valence-electron chi connectivity index (χ3n) is 10.7. The Balaban J connectivity index is 1.32. The number of allylic oxidation sites excluding steroid dienone is 1. The highest BCUT2D eigenvalue weighted by Crippen LogP contribution is 2.56. The standard InChI is InChI=1S/C46H46O2/c1-8-30(4)46(24-12-9-13-25-48-44(47)29(2)3)40-15-11-10-14-37(40)38-22-19-32(28-41(38)46)36-21-18-31-16-17-33-26-35(45(5,6)7)27-34-20-23-39(36)43(31)42(33)34/h10-11,14-23,26-28H,2,4,8-9,12-13,24-25H2,1,3,5-7H3. The molecule has 2 nitrogen and oxygen atoms in total. The van der Waals surface area contributed by atoms with E-state index in [2.05, 4.69) is 125 Å². The molecule has 0 saturated carbocycles. The number of unbranched alkanes of at least 4 members (excludes halogenated alkanes) is 2. The molecule has 0 aromatic heterocycles. The summed E-state index contributed by atoms with van der Waals surface area (Å²) in [6.45, 7) is 19.7. The van der Waals surface area contributed by atoms with Crippen LogP contribution in [0.1, 0.15) is 83.4 Å². The molecule has 0 radical (unpaired) electrons. The Bertz CT molecular complexity index is 2210. The number of hydrogen-bond donors (Lipinski definition) is 0. The summed E-state index contributed by atoms with van der Waals surface area (Å²) in [7, 11) is 0. The second-order valence-corrected chi connectivity index (χ2v) is 14.8. The van der Waals surface area contributed by atoms with E-state index in [0.29, 0.717) is 12.2 Å². The Labute approximate surface area is 285 Å². The van der Waals surface area contributed by atoms with Gasteiger partial charge in [0, 0.05) is 11.0 Å². The molecule has 0 amide bonds. The molecule has 1 aliphatic carbocycles. The first-order chi connectivity index (χ1) is 23.0. The van der Waals surface area contributed by atoms with Crippen molar-refractivity contribution in [3.8, 4) is 22.3 Å². The van der Waals surface area contributed by atoms with Crippen molar-refractivity contribution >= 4 is 38.3 Å². The third kappa shape index (κ3) is 5.14. The number of carbonyl (C=O) groups excluding carboxylic acids is 1. The molecule has 0 aliphatic heterocycles. The number of hydrogen-bond acceptors (Lipinski definition) is 2. The topological polar surface area (TPSA) is 26.3 Å². The lowest BCUT2D eigenvalue weighted by Gasteiger charge is -2.35. The molecule has 0 fully saturated rings. The van der Waals surface area contributed by atoms with Crippen molar-refractivity contribution < 1.29 is 9.53 Å². The molecule has 6 aromatic rings. The highest BCUT2D eigenvalue weighted by molar-refractivity contribution is 6.25. The molecule has 1 atom stereocenters. The average Bonchev–Trinajstić information content (AvgIpc) is 3.37. The van der Waals surface area contributed by atoms with Gasteiger partial charge in [-0.25, -0.2) is 4.79 Å². The molecule has 6 aromatic carbocycles. The van der Waals surface area contributed by atoms with Crippen LogP contribution in [0.3, 0.4) is 0 Å². The minimum atomic E-state index is -0.307. The van der Waals surface area contributed by atoms with Crippen LogP contribution in [0.2, 0.25) is 0 Å². The van der Waals surface area contributed by atoms with Crippen molar-refractivity contribution in [2.45, 2.75) is 77.6 Å². The van der Waals surface area contributed by atoms with Crippen LogP contribution in [0.4, 0.5) is 0 Å². The minimum Gasteiger partial charge on any atom is -0.462 e. The fourth-order valence-corrected chi connectivity index (χ4v) is 8.12. The summed E-state index contributed by atoms with van der Waals surface area (Å²) >= 11 is 0. The number of rotatable bonds is 10. The van der Waals surface area contributed by atoms with Crippen molar-refractivity contribution in [2.75, 3.05) is 6.61 Å². The normalized spacial score (nSPS) is 15.6. The van der Waals surface area contributed by atoms with Gasteiger partial charge in [-0.05, 0) is 109 Å². The minimum absolute atomic E-state index is 0.0874. The van der Waals surface area contributed by atoms with Gasteiger partial charge in [0.15, 0.2) is 0 Å². The molecular weight excluding hydrogens is 585 g/mol. The molecule has 0 saturated heterocycles. The zero-order valence-corrected chi connectivity index (χ0v) is 29.1. The first-order valence-corrected chi connectivity index (χ1v) is 17.5. The van der Waals surface area contributed by atoms with Crippen molar-refractivity contribution in [3.05, 3.63) is 132 Å². The largest absolute Gasteiger partial charge is 0.462 e. The van der Waals surface area contributed by atoms with Crippen molar-refractivity contribution in [1.29, 1.82) is 0 Å². The molecule has 1 unspecified atom stereocenters. The SMILES string of the molecule is C=C(C)C(=O)OCCCCCC1(C(=C)CC)c2ccccc2-c2ccc(-c3ccc4ccc5cc(C(C)(C)C)cc6ccc3c4c56)cc21. The summed E-state index contributed by atoms with van der Waals surface area (Å²) in [6, 6.07) is 34.7. The fraction of sp³-hybridized carbons (Fsp3) is 0.283. The lowest BCUT2D eigenvalue weighted by molar-refractivity contribution is -0.139. The van der Waals surface area contributed by atoms with E-state index in [1.807, 2.05) is 0 Å². The Morgan fingerprint density at radius 1 is 0.729 bits per heavy atom. The van der Waals surface area contributed by atoms with Gasteiger partial charge in [-0.3, -0.25) is 0 Å². The molecule has 0 heterocycles. The maximum atomic E-state index is 11.9. The maximum Gasteiger partial charge on any atom is 0.333 e. The average molecular weight is 631 g/mol. The van der Waals surface area contributed by atoms with Gasteiger partial charge in [0.1, 0.15) is 0 Å². The summed E-state index contributed by atoms with van der Waals surface area (Å²) in [5.74, 6) is -0.307. The second-order valence-electron chi connectivity index (χ2n) is 14.8. The third-order valence-corrected chi connectivity index (χ3v) is 10.7. The summed E-state index contributed by atoms with van der Waals surface area (Å²) in [6.07, 6.45) is 4.70. The van der Waals surface area contributed by atoms with E-state index in [9.17, 15) is 4.79 Å². The molecule has 7 rings (SSSR count). The van der Waals surface area contributed by atoms with Gasteiger partial charge in [-0.2, -0.15) is 0 Å². The Hall–Kier alpha value is -4.69. The molecule has 0 N–H and O–H groups in total. The van der Waals surface area contributed by atoms with Gasteiger partial charge in [-0.15, -0.1) is 0 Å². The van der Waals surface area contributed by atoms with Crippen LogP contribution in [0.5, 0.6) is 0 Å². The van der Waals surface area contributed by atoms with Crippen molar-refractivity contribution in [3.63, 3.8) is 0 Å². The summed E-state index contributed by atoms with van der Waals surface area (Å²) in [5, 5.41) is 7.91. The van der Waals surface area contributed by atoms with Gasteiger partial charge in [0.25, 0.3) is 0 Å². The Morgan fingerprint density at radius 3 is 2.12 bits per heavy atom. The first kappa shape index (κ1) is 31.9. The summed E-state index contributed by atoms with van der Waals surface area (Å²) in [4.78, 5) is 11.9. The zero-order chi connectivity index (χ0) is 33.8. The van der Waals surface area contributed by atoms with Gasteiger partial charge in [0.2, 0.25) is 0 Å². The van der Waals surface area contributed by atoms with E-state index >= 15 is 0 Å². The summed E-state index contributed by atoms with van der Waals surface area (Å²) < 4.78 is 5.39. The van der Waals surface area contributed by atoms with E-state index in [4.69, 9.17) is 11.3 Å². The van der Waals surface area contributed by atoms with Gasteiger partial charge in [0.05, 0.1) is 6.61 Å². The van der Waals surface area contributed by atoms with Crippen molar-refractivity contribution in [1.82, 2.24) is 0 Å². The summed E-state index contributed by atoms with van der Waals surface area (Å²) in [5.41, 5.74) is 10.8. The number of carbonyl (C=O) groups is 1. The van der Waals surface area contributed by atoms with E-state index in [0.717, 1.165) is 32.1 Å². The predicted molar refractivity (Wildman–Crippen MR) is 204 cm³/mol. The van der Waals surface area contributed by atoms with Crippen LogP contribution in [0, 0.1) is 0 Å². The second kappa shape index (κ2) is 12.1. The predicted octanol–water partition coefficient (Wildman–Crippen LogP) is 12.5. The molecule has 0 bridgehead atoms. The number of fused-ring (bicyclic) bond motifs is 3. The van der Waals surface area contributed by atoms with Crippen LogP contribution in [-0.2, 0) is 20.4 Å². The number of esters is 1. The molecular formula is C46H46O2. The Morgan fingerprint density at radius 2 is 1.40 bits per heavy atom. The highest BCUT2D eigenvalue weighted by atomic mass is 16.5. The van der Waals surface area contributed by atoms with Crippen LogP contribution in [-0.4, -0.2) is 12.6 Å². The number of ether oxygens (including phenoxy) is 1. The maximum absolute atomic E-state index is 11.9. The quantitative estimate of drug-likeness (QED) is 0.0495. The van der Waals surface area contributed by atoms with Gasteiger partial charge in [-0.1, -0.05) is 144 Å². The van der Waals surface area contributed by atoms with E-state index in [1.54, 1.807) is 6.92 Å². The van der Waals surface area contributed by atoms with Crippen LogP contribution in [0.15, 0.2) is 115 Å². The van der Waals surface area contributed by atoms with Crippen LogP contribution < -0.4 is 0 Å². The van der Waals surface area contributed by atoms with Crippen LogP contribution in [0.25, 0.3) is 54.6 Å². The molecule has 48 heavy (non-hydrogen) atoms. The molecule has 2 heteroatoms. The lowest BCUT2D eigenvalue weighted by Crippen LogP contribution is -2.27. The highest BCUT2D eigenvalue weighted by Gasteiger charge is 2.44. The zero-order valence-electron chi connectivity index (χ0n) is 29.1. The van der Waals surface area contributed by atoms with E-state index in [1.165, 1.54) is 76.8 Å². The molecule has 242 valence electrons. The van der Waals surface area contributed by atoms with E-state index in [-0.39, 0.29) is 16.8 Å². The van der Waals surface area contributed by atoms with E-state index < -0.39 is 0 Å². The number of benzene rings is 6. The Kier molecular flexibility index (Phi) is 8.03. The molecule has 1 aliphatic rings. The van der Waals surface area contributed by atoms with Gasteiger partial charge >= 0.3 is 5.97 Å². The van der Waals surface area contributed by atoms with Gasteiger partial charge < -0.3 is 4.74 Å². The fourth-order valence-electron chi connectivity index (χ4n) is 8.12. The first-order valence-electron chi connectivity index (χ1n) is 17.5. The lowest BCUT2D eigenvalue weighted by atomic mass is 9.68. The smallest absolute Gasteiger partial charge is 0.333 e. The van der Waals surface area contributed by atoms with Crippen LogP contribution >= 0.6 is 0 Å². The molecule has 0 spiro atoms. The monoisotopic (exact) mass is 630 g/mol. The van der Waals surface area contributed by atoms with Crippen molar-refractivity contribution in [2.24, 2.45) is 0 Å².